The second-order valence-electron chi connectivity index (χ2n) is 4.83. The summed E-state index contributed by atoms with van der Waals surface area (Å²) in [6.45, 7) is 2.45. The van der Waals surface area contributed by atoms with Crippen molar-refractivity contribution in [2.24, 2.45) is 0 Å². The predicted molar refractivity (Wildman–Crippen MR) is 79.5 cm³/mol. The van der Waals surface area contributed by atoms with Crippen molar-refractivity contribution in [1.29, 1.82) is 5.26 Å². The number of imidazole rings is 1. The summed E-state index contributed by atoms with van der Waals surface area (Å²) in [5, 5.41) is 12.0. The number of furan rings is 1. The van der Waals surface area contributed by atoms with Gasteiger partial charge in [0.05, 0.1) is 23.9 Å². The third-order valence-corrected chi connectivity index (χ3v) is 3.35. The van der Waals surface area contributed by atoms with Gasteiger partial charge in [-0.25, -0.2) is 4.98 Å². The van der Waals surface area contributed by atoms with Gasteiger partial charge in [-0.15, -0.1) is 0 Å². The second kappa shape index (κ2) is 6.25. The van der Waals surface area contributed by atoms with Crippen LogP contribution in [0.25, 0.3) is 11.0 Å². The van der Waals surface area contributed by atoms with E-state index in [0.717, 1.165) is 30.8 Å². The highest BCUT2D eigenvalue weighted by Crippen LogP contribution is 2.12. The van der Waals surface area contributed by atoms with Gasteiger partial charge in [-0.1, -0.05) is 12.1 Å². The van der Waals surface area contributed by atoms with Gasteiger partial charge in [-0.3, -0.25) is 0 Å². The number of para-hydroxylation sites is 2. The Hall–Kier alpha value is -2.58. The first-order valence-electron chi connectivity index (χ1n) is 6.96. The average molecular weight is 280 g/mol. The maximum absolute atomic E-state index is 8.68. The van der Waals surface area contributed by atoms with Crippen LogP contribution in [0.4, 0.5) is 0 Å². The highest BCUT2D eigenvalue weighted by Gasteiger charge is 2.02. The van der Waals surface area contributed by atoms with Gasteiger partial charge < -0.3 is 14.3 Å². The van der Waals surface area contributed by atoms with E-state index in [2.05, 4.69) is 20.9 Å². The number of nitriles is 1. The van der Waals surface area contributed by atoms with Gasteiger partial charge in [0, 0.05) is 6.54 Å². The topological polar surface area (TPSA) is 66.8 Å². The fourth-order valence-electron chi connectivity index (χ4n) is 2.31. The molecule has 1 N–H and O–H groups in total. The molecule has 0 atom stereocenters. The second-order valence-corrected chi connectivity index (χ2v) is 4.83. The van der Waals surface area contributed by atoms with Gasteiger partial charge in [-0.2, -0.15) is 5.26 Å². The zero-order valence-electron chi connectivity index (χ0n) is 11.6. The predicted octanol–water partition coefficient (Wildman–Crippen LogP) is 2.68. The van der Waals surface area contributed by atoms with Crippen LogP contribution in [0.5, 0.6) is 0 Å². The van der Waals surface area contributed by atoms with Crippen LogP contribution < -0.4 is 5.32 Å². The third-order valence-electron chi connectivity index (χ3n) is 3.35. The quantitative estimate of drug-likeness (QED) is 0.705. The van der Waals surface area contributed by atoms with Gasteiger partial charge in [0.1, 0.15) is 11.8 Å². The summed E-state index contributed by atoms with van der Waals surface area (Å²) < 4.78 is 7.47. The van der Waals surface area contributed by atoms with E-state index in [9.17, 15) is 0 Å². The summed E-state index contributed by atoms with van der Waals surface area (Å²) >= 11 is 0. The fourth-order valence-corrected chi connectivity index (χ4v) is 2.31. The van der Waals surface area contributed by atoms with Crippen LogP contribution in [0.1, 0.15) is 17.9 Å². The van der Waals surface area contributed by atoms with E-state index in [1.165, 1.54) is 5.52 Å². The van der Waals surface area contributed by atoms with Crippen LogP contribution >= 0.6 is 0 Å². The maximum Gasteiger partial charge on any atom is 0.203 e. The molecule has 3 aromatic rings. The Bertz CT molecular complexity index is 766. The molecule has 0 aliphatic carbocycles. The molecule has 3 rings (SSSR count). The lowest BCUT2D eigenvalue weighted by Crippen LogP contribution is -2.16. The lowest BCUT2D eigenvalue weighted by molar-refractivity contribution is 0.468. The molecule has 2 heterocycles. The number of rotatable bonds is 6. The molecule has 0 radical (unpaired) electrons. The average Bonchev–Trinajstić information content (AvgIpc) is 3.14. The Labute approximate surface area is 122 Å². The van der Waals surface area contributed by atoms with Gasteiger partial charge in [0.2, 0.25) is 5.76 Å². The Kier molecular flexibility index (Phi) is 3.99. The van der Waals surface area contributed by atoms with Crippen LogP contribution in [-0.4, -0.2) is 16.1 Å². The van der Waals surface area contributed by atoms with Crippen molar-refractivity contribution in [2.75, 3.05) is 6.54 Å². The summed E-state index contributed by atoms with van der Waals surface area (Å²) in [7, 11) is 0. The molecule has 0 aliphatic heterocycles. The van der Waals surface area contributed by atoms with E-state index in [0.29, 0.717) is 12.3 Å². The SMILES string of the molecule is N#Cc1ccc(CNCCCn2cnc3ccccc32)o1. The smallest absolute Gasteiger partial charge is 0.203 e. The number of aryl methyl sites for hydroxylation is 1. The summed E-state index contributed by atoms with van der Waals surface area (Å²) in [6, 6.07) is 13.6. The van der Waals surface area contributed by atoms with Crippen LogP contribution in [-0.2, 0) is 13.1 Å². The first-order valence-corrected chi connectivity index (χ1v) is 6.96. The van der Waals surface area contributed by atoms with E-state index in [-0.39, 0.29) is 0 Å². The lowest BCUT2D eigenvalue weighted by Gasteiger charge is -2.05. The van der Waals surface area contributed by atoms with Crippen molar-refractivity contribution < 1.29 is 4.42 Å². The first kappa shape index (κ1) is 13.4. The highest BCUT2D eigenvalue weighted by atomic mass is 16.3. The van der Waals surface area contributed by atoms with E-state index >= 15 is 0 Å². The molecule has 5 heteroatoms. The van der Waals surface area contributed by atoms with E-state index in [1.807, 2.05) is 36.7 Å². The Morgan fingerprint density at radius 1 is 1.24 bits per heavy atom. The van der Waals surface area contributed by atoms with Crippen molar-refractivity contribution in [1.82, 2.24) is 14.9 Å². The number of benzene rings is 1. The van der Waals surface area contributed by atoms with Crippen LogP contribution in [0.15, 0.2) is 47.1 Å². The fraction of sp³-hybridized carbons (Fsp3) is 0.250. The molecule has 0 unspecified atom stereocenters. The zero-order chi connectivity index (χ0) is 14.5. The molecular formula is C16H16N4O. The Morgan fingerprint density at radius 3 is 3.00 bits per heavy atom. The monoisotopic (exact) mass is 280 g/mol. The summed E-state index contributed by atoms with van der Waals surface area (Å²) in [5.74, 6) is 1.15. The van der Waals surface area contributed by atoms with Crippen LogP contribution in [0, 0.1) is 11.3 Å². The molecule has 0 spiro atoms. The zero-order valence-corrected chi connectivity index (χ0v) is 11.6. The highest BCUT2D eigenvalue weighted by molar-refractivity contribution is 5.74. The van der Waals surface area contributed by atoms with Crippen molar-refractivity contribution in [3.05, 3.63) is 54.2 Å². The lowest BCUT2D eigenvalue weighted by atomic mass is 10.3. The number of nitrogens with one attached hydrogen (secondary N) is 1. The first-order chi connectivity index (χ1) is 10.4. The number of aromatic nitrogens is 2. The number of hydrogen-bond donors (Lipinski definition) is 1. The van der Waals surface area contributed by atoms with E-state index in [1.54, 1.807) is 6.07 Å². The minimum atomic E-state index is 0.358. The van der Waals surface area contributed by atoms with Gasteiger partial charge in [0.15, 0.2) is 0 Å². The van der Waals surface area contributed by atoms with E-state index in [4.69, 9.17) is 9.68 Å². The number of fused-ring (bicyclic) bond motifs is 1. The molecule has 1 aromatic carbocycles. The molecule has 2 aromatic heterocycles. The molecular weight excluding hydrogens is 264 g/mol. The van der Waals surface area contributed by atoms with Crippen molar-refractivity contribution in [2.45, 2.75) is 19.5 Å². The van der Waals surface area contributed by atoms with Crippen molar-refractivity contribution in [3.8, 4) is 6.07 Å². The molecule has 0 saturated carbocycles. The number of hydrogen-bond acceptors (Lipinski definition) is 4. The summed E-state index contributed by atoms with van der Waals surface area (Å²) in [4.78, 5) is 4.37. The molecule has 0 bridgehead atoms. The minimum Gasteiger partial charge on any atom is -0.449 e. The molecule has 5 nitrogen and oxygen atoms in total. The summed E-state index contributed by atoms with van der Waals surface area (Å²) in [6.07, 6.45) is 2.89. The van der Waals surface area contributed by atoms with Crippen LogP contribution in [0.3, 0.4) is 0 Å². The van der Waals surface area contributed by atoms with Crippen LogP contribution in [0.2, 0.25) is 0 Å². The largest absolute Gasteiger partial charge is 0.449 e. The third kappa shape index (κ3) is 3.12. The Balaban J connectivity index is 1.45. The molecule has 0 saturated heterocycles. The molecule has 0 aliphatic rings. The van der Waals surface area contributed by atoms with Gasteiger partial charge >= 0.3 is 0 Å². The maximum atomic E-state index is 8.68. The molecule has 21 heavy (non-hydrogen) atoms. The minimum absolute atomic E-state index is 0.358. The Morgan fingerprint density at radius 2 is 2.14 bits per heavy atom. The summed E-state index contributed by atoms with van der Waals surface area (Å²) in [5.41, 5.74) is 2.20. The molecule has 0 amide bonds. The molecule has 0 fully saturated rings. The van der Waals surface area contributed by atoms with Crippen molar-refractivity contribution >= 4 is 11.0 Å². The molecule has 106 valence electrons. The van der Waals surface area contributed by atoms with Gasteiger partial charge in [0.25, 0.3) is 0 Å². The van der Waals surface area contributed by atoms with Gasteiger partial charge in [-0.05, 0) is 37.2 Å². The standard InChI is InChI=1S/C16H16N4O/c17-10-13-6-7-14(21-13)11-18-8-3-9-20-12-19-15-4-1-2-5-16(15)20/h1-2,4-7,12,18H,3,8-9,11H2. The normalized spacial score (nSPS) is 10.8. The van der Waals surface area contributed by atoms with E-state index < -0.39 is 0 Å². The number of nitrogens with zero attached hydrogens (tertiary/aromatic N) is 3. The van der Waals surface area contributed by atoms with Crippen molar-refractivity contribution in [3.63, 3.8) is 0 Å².